The highest BCUT2D eigenvalue weighted by Gasteiger charge is 2.73. The summed E-state index contributed by atoms with van der Waals surface area (Å²) in [6, 6.07) is 17.6. The molecule has 3 aliphatic rings. The first-order valence-corrected chi connectivity index (χ1v) is 9.85. The van der Waals surface area contributed by atoms with E-state index in [1.807, 2.05) is 7.05 Å². The van der Waals surface area contributed by atoms with Gasteiger partial charge in [0.1, 0.15) is 6.17 Å². The van der Waals surface area contributed by atoms with Gasteiger partial charge in [0, 0.05) is 29.3 Å². The highest BCUT2D eigenvalue weighted by molar-refractivity contribution is 6.17. The number of aliphatic imine (C=N–C) groups is 1. The molecule has 3 heteroatoms. The Balaban J connectivity index is 1.81. The number of nitrogens with zero attached hydrogens (tertiary/aromatic N) is 3. The average molecular weight is 358 g/mol. The molecule has 2 aromatic rings. The Bertz CT molecular complexity index is 1000. The minimum atomic E-state index is 0.185. The predicted octanol–water partition coefficient (Wildman–Crippen LogP) is 5.26. The molecule has 5 rings (SSSR count). The number of hydrogen-bond donors (Lipinski definition) is 0. The van der Waals surface area contributed by atoms with Gasteiger partial charge in [-0.05, 0) is 43.5 Å². The van der Waals surface area contributed by atoms with Crippen molar-refractivity contribution in [2.75, 3.05) is 16.8 Å². The number of aryl methyl sites for hydroxylation is 1. The number of hydrogen-bond acceptors (Lipinski definition) is 2. The third-order valence-corrected chi connectivity index (χ3v) is 7.25. The minimum absolute atomic E-state index is 0.185. The molecule has 0 spiro atoms. The Morgan fingerprint density at radius 2 is 1.67 bits per heavy atom. The molecule has 0 radical (unpaired) electrons. The zero-order chi connectivity index (χ0) is 19.0. The second-order valence-electron chi connectivity index (χ2n) is 8.56. The van der Waals surface area contributed by atoms with Gasteiger partial charge in [-0.15, -0.1) is 0 Å². The summed E-state index contributed by atoms with van der Waals surface area (Å²) in [6.45, 7) is 9.23. The third kappa shape index (κ3) is 1.85. The quantitative estimate of drug-likeness (QED) is 0.693. The fourth-order valence-corrected chi connectivity index (χ4v) is 5.62. The molecular weight excluding hydrogens is 330 g/mol. The van der Waals surface area contributed by atoms with Gasteiger partial charge in [0.15, 0.2) is 5.84 Å². The van der Waals surface area contributed by atoms with Crippen LogP contribution in [0.4, 0.5) is 11.4 Å². The molecule has 1 saturated heterocycles. The van der Waals surface area contributed by atoms with Crippen molar-refractivity contribution in [2.24, 2.45) is 10.4 Å². The Morgan fingerprint density at radius 3 is 2.33 bits per heavy atom. The van der Waals surface area contributed by atoms with E-state index in [0.717, 1.165) is 5.84 Å². The highest BCUT2D eigenvalue weighted by Crippen LogP contribution is 2.73. The van der Waals surface area contributed by atoms with Crippen molar-refractivity contribution in [1.82, 2.24) is 0 Å². The van der Waals surface area contributed by atoms with Crippen LogP contribution in [0, 0.1) is 12.3 Å². The molecule has 2 aromatic carbocycles. The fourth-order valence-electron chi connectivity index (χ4n) is 5.62. The second kappa shape index (κ2) is 5.25. The van der Waals surface area contributed by atoms with Gasteiger partial charge in [-0.3, -0.25) is 4.99 Å². The highest BCUT2D eigenvalue weighted by atomic mass is 15.5. The van der Waals surface area contributed by atoms with Crippen molar-refractivity contribution in [1.29, 1.82) is 0 Å². The zero-order valence-corrected chi connectivity index (χ0v) is 16.8. The summed E-state index contributed by atoms with van der Waals surface area (Å²) in [5.74, 6) is 1.08. The van der Waals surface area contributed by atoms with Crippen LogP contribution in [0.15, 0.2) is 65.3 Å². The molecule has 138 valence electrons. The predicted molar refractivity (Wildman–Crippen MR) is 114 cm³/mol. The Labute approximate surface area is 162 Å². The first-order valence-electron chi connectivity index (χ1n) is 9.85. The smallest absolute Gasteiger partial charge is 0.153 e. The molecule has 3 unspecified atom stereocenters. The lowest BCUT2D eigenvalue weighted by molar-refractivity contribution is 0.374. The van der Waals surface area contributed by atoms with Gasteiger partial charge in [0.25, 0.3) is 0 Å². The molecule has 1 saturated carbocycles. The van der Waals surface area contributed by atoms with Gasteiger partial charge in [0.2, 0.25) is 0 Å². The fraction of sp³-hybridized carbons (Fsp3) is 0.375. The SMILES string of the molecule is CC=C1C(=NC)N2c3ccccc3C3(C)CC3(C)C2N1c1ccccc1C. The van der Waals surface area contributed by atoms with Gasteiger partial charge in [-0.25, -0.2) is 0 Å². The number of fused-ring (bicyclic) bond motifs is 6. The van der Waals surface area contributed by atoms with Crippen molar-refractivity contribution in [3.05, 3.63) is 71.4 Å². The lowest BCUT2D eigenvalue weighted by atomic mass is 9.81. The molecule has 2 aliphatic heterocycles. The summed E-state index contributed by atoms with van der Waals surface area (Å²) in [7, 11) is 1.92. The minimum Gasteiger partial charge on any atom is -0.316 e. The number of para-hydroxylation sites is 2. The first kappa shape index (κ1) is 16.6. The molecule has 2 heterocycles. The largest absolute Gasteiger partial charge is 0.316 e. The van der Waals surface area contributed by atoms with Gasteiger partial charge >= 0.3 is 0 Å². The number of anilines is 2. The maximum Gasteiger partial charge on any atom is 0.153 e. The van der Waals surface area contributed by atoms with Crippen LogP contribution in [-0.2, 0) is 5.41 Å². The van der Waals surface area contributed by atoms with Crippen LogP contribution in [0.25, 0.3) is 0 Å². The summed E-state index contributed by atoms with van der Waals surface area (Å²) in [4.78, 5) is 9.80. The van der Waals surface area contributed by atoms with Crippen LogP contribution >= 0.6 is 0 Å². The molecule has 2 fully saturated rings. The normalized spacial score (nSPS) is 33.9. The van der Waals surface area contributed by atoms with E-state index in [2.05, 4.69) is 92.1 Å². The Hall–Kier alpha value is -2.55. The van der Waals surface area contributed by atoms with Gasteiger partial charge < -0.3 is 9.80 Å². The number of allylic oxidation sites excluding steroid dienone is 1. The molecular formula is C24H27N3. The van der Waals surface area contributed by atoms with Crippen molar-refractivity contribution in [2.45, 2.75) is 45.7 Å². The number of benzene rings is 2. The van der Waals surface area contributed by atoms with Crippen molar-refractivity contribution in [3.8, 4) is 0 Å². The maximum atomic E-state index is 4.77. The summed E-state index contributed by atoms with van der Waals surface area (Å²) in [6.07, 6.45) is 3.68. The Morgan fingerprint density at radius 1 is 1.00 bits per heavy atom. The van der Waals surface area contributed by atoms with Gasteiger partial charge in [0.05, 0.1) is 5.70 Å². The number of rotatable bonds is 1. The van der Waals surface area contributed by atoms with Crippen LogP contribution in [0.2, 0.25) is 0 Å². The molecule has 0 amide bonds. The van der Waals surface area contributed by atoms with E-state index in [1.54, 1.807) is 0 Å². The standard InChI is InChI=1S/C24H27N3/c1-6-18-21(25-5)27-20-14-10-8-12-17(20)23(3)15-24(23,4)22(27)26(18)19-13-9-7-11-16(19)2/h6-14,22H,15H2,1-5H3. The molecule has 0 aromatic heterocycles. The van der Waals surface area contributed by atoms with Crippen molar-refractivity contribution >= 4 is 17.2 Å². The second-order valence-corrected chi connectivity index (χ2v) is 8.56. The maximum absolute atomic E-state index is 4.77. The molecule has 27 heavy (non-hydrogen) atoms. The molecule has 1 aliphatic carbocycles. The van der Waals surface area contributed by atoms with Crippen LogP contribution in [-0.4, -0.2) is 19.0 Å². The van der Waals surface area contributed by atoms with E-state index in [1.165, 1.54) is 34.6 Å². The van der Waals surface area contributed by atoms with Gasteiger partial charge in [-0.1, -0.05) is 56.3 Å². The molecule has 3 atom stereocenters. The van der Waals surface area contributed by atoms with E-state index in [-0.39, 0.29) is 17.0 Å². The molecule has 0 bridgehead atoms. The lowest BCUT2D eigenvalue weighted by Crippen LogP contribution is -2.51. The zero-order valence-electron chi connectivity index (χ0n) is 16.8. The lowest BCUT2D eigenvalue weighted by Gasteiger charge is -2.44. The van der Waals surface area contributed by atoms with E-state index in [4.69, 9.17) is 4.99 Å². The van der Waals surface area contributed by atoms with E-state index >= 15 is 0 Å². The summed E-state index contributed by atoms with van der Waals surface area (Å²) in [5, 5.41) is 0. The topological polar surface area (TPSA) is 18.8 Å². The average Bonchev–Trinajstić information content (AvgIpc) is 3.11. The monoisotopic (exact) mass is 357 g/mol. The summed E-state index contributed by atoms with van der Waals surface area (Å²) in [5.41, 5.74) is 6.98. The van der Waals surface area contributed by atoms with Gasteiger partial charge in [-0.2, -0.15) is 0 Å². The Kier molecular flexibility index (Phi) is 3.23. The number of amidine groups is 1. The van der Waals surface area contributed by atoms with Crippen LogP contribution < -0.4 is 9.80 Å². The third-order valence-electron chi connectivity index (χ3n) is 7.25. The first-order chi connectivity index (χ1) is 13.0. The van der Waals surface area contributed by atoms with Crippen LogP contribution in [0.1, 0.15) is 38.3 Å². The van der Waals surface area contributed by atoms with Crippen molar-refractivity contribution in [3.63, 3.8) is 0 Å². The summed E-state index contributed by atoms with van der Waals surface area (Å²) < 4.78 is 0. The van der Waals surface area contributed by atoms with Crippen molar-refractivity contribution < 1.29 is 0 Å². The molecule has 0 N–H and O–H groups in total. The van der Waals surface area contributed by atoms with E-state index < -0.39 is 0 Å². The van der Waals surface area contributed by atoms with E-state index in [9.17, 15) is 0 Å². The van der Waals surface area contributed by atoms with Crippen LogP contribution in [0.3, 0.4) is 0 Å². The summed E-state index contributed by atoms with van der Waals surface area (Å²) >= 11 is 0. The van der Waals surface area contributed by atoms with E-state index in [0.29, 0.717) is 0 Å². The molecule has 3 nitrogen and oxygen atoms in total. The van der Waals surface area contributed by atoms with Crippen LogP contribution in [0.5, 0.6) is 0 Å².